The third kappa shape index (κ3) is 3.92. The van der Waals surface area contributed by atoms with E-state index in [1.807, 2.05) is 42.5 Å². The molecule has 2 fully saturated rings. The maximum absolute atomic E-state index is 12.5. The molecule has 2 saturated heterocycles. The highest BCUT2D eigenvalue weighted by atomic mass is 16.6. The fourth-order valence-electron chi connectivity index (χ4n) is 5.82. The van der Waals surface area contributed by atoms with Crippen LogP contribution in [0.25, 0.3) is 10.9 Å². The lowest BCUT2D eigenvalue weighted by molar-refractivity contribution is -0.384. The average Bonchev–Trinajstić information content (AvgIpc) is 3.57. The Morgan fingerprint density at radius 2 is 1.76 bits per heavy atom. The maximum Gasteiger partial charge on any atom is 0.271 e. The minimum Gasteiger partial charge on any atom is -0.494 e. The highest BCUT2D eigenvalue weighted by molar-refractivity contribution is 6.23. The van der Waals surface area contributed by atoms with Crippen molar-refractivity contribution in [1.82, 2.24) is 9.47 Å². The zero-order chi connectivity index (χ0) is 26.6. The van der Waals surface area contributed by atoms with Crippen LogP contribution in [-0.2, 0) is 0 Å². The van der Waals surface area contributed by atoms with E-state index in [1.165, 1.54) is 25.5 Å². The number of carbonyl (C=O) groups excluding carboxylic acids is 1. The molecule has 3 aromatic carbocycles. The Morgan fingerprint density at radius 3 is 2.37 bits per heavy atom. The molecular formula is C29H27N5O4. The summed E-state index contributed by atoms with van der Waals surface area (Å²) in [6, 6.07) is 22.8. The van der Waals surface area contributed by atoms with Crippen molar-refractivity contribution in [2.24, 2.45) is 4.99 Å². The first-order chi connectivity index (χ1) is 18.3. The molecule has 9 heteroatoms. The van der Waals surface area contributed by atoms with Crippen molar-refractivity contribution in [3.8, 4) is 5.88 Å². The van der Waals surface area contributed by atoms with Crippen molar-refractivity contribution in [3.05, 3.63) is 94.0 Å². The maximum atomic E-state index is 12.5. The van der Waals surface area contributed by atoms with Gasteiger partial charge in [0.05, 0.1) is 27.4 Å². The van der Waals surface area contributed by atoms with Gasteiger partial charge in [-0.3, -0.25) is 19.8 Å². The first kappa shape index (κ1) is 23.9. The van der Waals surface area contributed by atoms with Gasteiger partial charge in [-0.15, -0.1) is 0 Å². The van der Waals surface area contributed by atoms with E-state index >= 15 is 0 Å². The second-order valence-electron chi connectivity index (χ2n) is 9.99. The number of non-ortho nitro benzene ring substituents is 1. The fraction of sp³-hybridized carbons (Fsp3) is 0.241. The second-order valence-corrected chi connectivity index (χ2v) is 9.99. The highest BCUT2D eigenvalue weighted by Gasteiger charge is 2.41. The molecule has 0 amide bonds. The molecular weight excluding hydrogens is 482 g/mol. The lowest BCUT2D eigenvalue weighted by Gasteiger charge is -2.33. The number of aromatic hydroxyl groups is 1. The number of aliphatic imine (C=N–C) groups is 1. The van der Waals surface area contributed by atoms with Gasteiger partial charge in [0.2, 0.25) is 11.8 Å². The minimum atomic E-state index is -0.522. The van der Waals surface area contributed by atoms with Crippen LogP contribution >= 0.6 is 0 Å². The number of carbonyl (C=O) groups is 1. The summed E-state index contributed by atoms with van der Waals surface area (Å²) in [5.74, 6) is -0.758. The van der Waals surface area contributed by atoms with Gasteiger partial charge in [0.15, 0.2) is 0 Å². The third-order valence-corrected chi connectivity index (χ3v) is 7.67. The van der Waals surface area contributed by atoms with E-state index < -0.39 is 10.8 Å². The molecule has 192 valence electrons. The molecule has 0 spiro atoms. The number of nitrogens with zero attached hydrogens (tertiary/aromatic N) is 5. The van der Waals surface area contributed by atoms with Crippen molar-refractivity contribution >= 4 is 39.6 Å². The number of piperazine rings is 1. The highest BCUT2D eigenvalue weighted by Crippen LogP contribution is 2.37. The molecule has 3 heterocycles. The van der Waals surface area contributed by atoms with E-state index in [4.69, 9.17) is 4.99 Å². The Labute approximate surface area is 219 Å². The van der Waals surface area contributed by atoms with Gasteiger partial charge in [0, 0.05) is 60.9 Å². The summed E-state index contributed by atoms with van der Waals surface area (Å²) in [5, 5.41) is 23.2. The zero-order valence-corrected chi connectivity index (χ0v) is 21.1. The Balaban J connectivity index is 1.47. The number of nitro groups is 1. The van der Waals surface area contributed by atoms with Crippen molar-refractivity contribution < 1.29 is 14.8 Å². The van der Waals surface area contributed by atoms with Crippen molar-refractivity contribution in [1.29, 1.82) is 0 Å². The van der Waals surface area contributed by atoms with Crippen LogP contribution in [-0.4, -0.2) is 63.3 Å². The normalized spacial score (nSPS) is 19.4. The summed E-state index contributed by atoms with van der Waals surface area (Å²) in [6.07, 6.45) is 1.19. The minimum absolute atomic E-state index is 0.167. The number of hydrogen-bond donors (Lipinski definition) is 1. The molecule has 1 aromatic heterocycles. The molecule has 0 aliphatic carbocycles. The van der Waals surface area contributed by atoms with Crippen molar-refractivity contribution in [2.75, 3.05) is 25.0 Å². The van der Waals surface area contributed by atoms with Crippen molar-refractivity contribution in [3.63, 3.8) is 0 Å². The number of benzene rings is 3. The topological polar surface area (TPSA) is 104 Å². The largest absolute Gasteiger partial charge is 0.494 e. The van der Waals surface area contributed by atoms with Crippen LogP contribution in [0.15, 0.2) is 77.8 Å². The molecule has 6 rings (SSSR count). The summed E-state index contributed by atoms with van der Waals surface area (Å²) in [4.78, 5) is 33.2. The quantitative estimate of drug-likeness (QED) is 0.231. The molecule has 38 heavy (non-hydrogen) atoms. The number of anilines is 1. The lowest BCUT2D eigenvalue weighted by atomic mass is 10.0. The van der Waals surface area contributed by atoms with Crippen LogP contribution in [0.2, 0.25) is 0 Å². The number of hydrogen-bond acceptors (Lipinski definition) is 7. The predicted octanol–water partition coefficient (Wildman–Crippen LogP) is 4.98. The SMILES string of the molecule is CC(=O)n1c(O)c(C(=Nc2ccc(N3CC4CC3CN4C)cc2)c2ccccc2)c2ccc([N+](=O)[O-])cc21. The molecule has 1 N–H and O–H groups in total. The molecule has 2 bridgehead atoms. The zero-order valence-electron chi connectivity index (χ0n) is 21.1. The number of rotatable bonds is 5. The summed E-state index contributed by atoms with van der Waals surface area (Å²) in [6.45, 7) is 3.40. The van der Waals surface area contributed by atoms with Crippen LogP contribution in [0.3, 0.4) is 0 Å². The van der Waals surface area contributed by atoms with E-state index in [1.54, 1.807) is 6.07 Å². The van der Waals surface area contributed by atoms with Crippen molar-refractivity contribution in [2.45, 2.75) is 25.4 Å². The van der Waals surface area contributed by atoms with Crippen LogP contribution < -0.4 is 4.90 Å². The molecule has 2 aliphatic rings. The van der Waals surface area contributed by atoms with E-state index in [9.17, 15) is 20.0 Å². The standard InChI is InChI=1S/C29H27N5O4/c1-18(35)33-26-15-22(34(37)38)12-13-25(26)27(29(33)36)28(19-6-4-3-5-7-19)30-20-8-10-21(11-9-20)32-17-23-14-24(32)16-31(23)2/h3-13,15,23-24,36H,14,16-17H2,1-2H3. The molecule has 0 radical (unpaired) electrons. The van der Waals surface area contributed by atoms with E-state index in [0.717, 1.165) is 28.9 Å². The van der Waals surface area contributed by atoms with Gasteiger partial charge in [-0.05, 0) is 43.8 Å². The van der Waals surface area contributed by atoms with Gasteiger partial charge in [0.25, 0.3) is 5.69 Å². The number of nitro benzene ring substituents is 1. The van der Waals surface area contributed by atoms with Gasteiger partial charge in [-0.1, -0.05) is 30.3 Å². The number of likely N-dealkylation sites (tertiary alicyclic amines) is 1. The smallest absolute Gasteiger partial charge is 0.271 e. The van der Waals surface area contributed by atoms with Gasteiger partial charge in [-0.2, -0.15) is 0 Å². The first-order valence-electron chi connectivity index (χ1n) is 12.6. The van der Waals surface area contributed by atoms with Crippen LogP contribution in [0, 0.1) is 10.1 Å². The number of aromatic nitrogens is 1. The van der Waals surface area contributed by atoms with Gasteiger partial charge >= 0.3 is 0 Å². The Morgan fingerprint density at radius 1 is 1.03 bits per heavy atom. The lowest BCUT2D eigenvalue weighted by Crippen LogP contribution is -2.44. The molecule has 2 unspecified atom stereocenters. The molecule has 2 aliphatic heterocycles. The molecule has 2 atom stereocenters. The summed E-state index contributed by atoms with van der Waals surface area (Å²) >= 11 is 0. The molecule has 0 saturated carbocycles. The van der Waals surface area contributed by atoms with E-state index in [2.05, 4.69) is 29.0 Å². The number of likely N-dealkylation sites (N-methyl/N-ethyl adjacent to an activating group) is 1. The predicted molar refractivity (Wildman–Crippen MR) is 147 cm³/mol. The molecule has 4 aromatic rings. The van der Waals surface area contributed by atoms with Crippen LogP contribution in [0.5, 0.6) is 5.88 Å². The van der Waals surface area contributed by atoms with E-state index in [-0.39, 0.29) is 17.1 Å². The summed E-state index contributed by atoms with van der Waals surface area (Å²) < 4.78 is 1.10. The molecule has 9 nitrogen and oxygen atoms in total. The third-order valence-electron chi connectivity index (χ3n) is 7.67. The van der Waals surface area contributed by atoms with Gasteiger partial charge < -0.3 is 10.0 Å². The van der Waals surface area contributed by atoms with E-state index in [0.29, 0.717) is 34.4 Å². The monoisotopic (exact) mass is 509 g/mol. The Bertz CT molecular complexity index is 1590. The van der Waals surface area contributed by atoms with Gasteiger partial charge in [-0.25, -0.2) is 9.56 Å². The Hall–Kier alpha value is -4.50. The Kier molecular flexibility index (Phi) is 5.72. The van der Waals surface area contributed by atoms with Crippen LogP contribution in [0.4, 0.5) is 17.1 Å². The second kappa shape index (κ2) is 9.11. The summed E-state index contributed by atoms with van der Waals surface area (Å²) in [7, 11) is 2.18. The summed E-state index contributed by atoms with van der Waals surface area (Å²) in [5.41, 5.74) is 3.50. The first-order valence-corrected chi connectivity index (χ1v) is 12.6. The fourth-order valence-corrected chi connectivity index (χ4v) is 5.82. The average molecular weight is 510 g/mol. The number of fused-ring (bicyclic) bond motifs is 3. The van der Waals surface area contributed by atoms with Gasteiger partial charge in [0.1, 0.15) is 0 Å². The van der Waals surface area contributed by atoms with Crippen LogP contribution in [0.1, 0.15) is 29.3 Å².